The molecule has 5 nitrogen and oxygen atoms in total. The Morgan fingerprint density at radius 1 is 1.63 bits per heavy atom. The van der Waals surface area contributed by atoms with Crippen LogP contribution in [0.3, 0.4) is 0 Å². The van der Waals surface area contributed by atoms with Crippen molar-refractivity contribution in [2.45, 2.75) is 12.8 Å². The molecule has 106 valence electrons. The van der Waals surface area contributed by atoms with Crippen molar-refractivity contribution in [3.05, 3.63) is 23.9 Å². The van der Waals surface area contributed by atoms with Crippen molar-refractivity contribution in [3.8, 4) is 0 Å². The number of esters is 1. The number of halogens is 1. The van der Waals surface area contributed by atoms with E-state index in [0.29, 0.717) is 17.3 Å². The fourth-order valence-corrected chi connectivity index (χ4v) is 2.16. The zero-order chi connectivity index (χ0) is 12.8. The molecule has 2 heterocycles. The minimum atomic E-state index is -0.354. The molecule has 0 aromatic carbocycles. The van der Waals surface area contributed by atoms with E-state index >= 15 is 0 Å². The Balaban J connectivity index is 0.00000180. The molecule has 1 aliphatic rings. The van der Waals surface area contributed by atoms with Crippen LogP contribution in [0.15, 0.2) is 18.3 Å². The smallest absolute Gasteiger partial charge is 0.341 e. The number of methoxy groups -OCH3 is 1. The second-order valence-electron chi connectivity index (χ2n) is 4.48. The predicted octanol–water partition coefficient (Wildman–Crippen LogP) is 1.70. The maximum atomic E-state index is 11.6. The molecule has 1 aliphatic heterocycles. The number of aromatic nitrogens is 1. The number of carbonyl (C=O) groups excluding carboxylic acids is 1. The average Bonchev–Trinajstić information content (AvgIpc) is 2.45. The summed E-state index contributed by atoms with van der Waals surface area (Å²) >= 11 is 0. The van der Waals surface area contributed by atoms with E-state index in [4.69, 9.17) is 4.74 Å². The van der Waals surface area contributed by atoms with Gasteiger partial charge in [0.15, 0.2) is 0 Å². The number of nitrogens with zero attached hydrogens (tertiary/aromatic N) is 1. The van der Waals surface area contributed by atoms with Crippen LogP contribution in [0.25, 0.3) is 0 Å². The molecule has 0 radical (unpaired) electrons. The molecule has 0 amide bonds. The molecular weight excluding hydrogens is 266 g/mol. The summed E-state index contributed by atoms with van der Waals surface area (Å²) < 4.78 is 4.74. The van der Waals surface area contributed by atoms with E-state index in [0.717, 1.165) is 19.6 Å². The van der Waals surface area contributed by atoms with Gasteiger partial charge >= 0.3 is 5.97 Å². The minimum Gasteiger partial charge on any atom is -0.465 e. The van der Waals surface area contributed by atoms with Gasteiger partial charge in [-0.15, -0.1) is 12.4 Å². The summed E-state index contributed by atoms with van der Waals surface area (Å²) in [5, 5.41) is 6.61. The lowest BCUT2D eigenvalue weighted by atomic mass is 10.00. The fraction of sp³-hybridized carbons (Fsp3) is 0.538. The maximum absolute atomic E-state index is 11.6. The molecule has 1 saturated heterocycles. The quantitative estimate of drug-likeness (QED) is 0.825. The van der Waals surface area contributed by atoms with Crippen molar-refractivity contribution in [1.82, 2.24) is 10.3 Å². The van der Waals surface area contributed by atoms with Crippen LogP contribution in [-0.2, 0) is 4.74 Å². The summed E-state index contributed by atoms with van der Waals surface area (Å²) in [6.07, 6.45) is 4.09. The molecule has 1 atom stereocenters. The standard InChI is InChI=1S/C13H19N3O2.ClH/c1-18-13(17)11-5-3-7-15-12(11)16-9-10-4-2-6-14-8-10;/h3,5,7,10,14H,2,4,6,8-9H2,1H3,(H,15,16);1H. The summed E-state index contributed by atoms with van der Waals surface area (Å²) in [5.41, 5.74) is 0.490. The first-order valence-electron chi connectivity index (χ1n) is 6.29. The van der Waals surface area contributed by atoms with Crippen LogP contribution in [0.2, 0.25) is 0 Å². The SMILES string of the molecule is COC(=O)c1cccnc1NCC1CCCNC1.Cl. The second-order valence-corrected chi connectivity index (χ2v) is 4.48. The van der Waals surface area contributed by atoms with E-state index in [-0.39, 0.29) is 18.4 Å². The lowest BCUT2D eigenvalue weighted by molar-refractivity contribution is 0.0601. The Morgan fingerprint density at radius 3 is 3.16 bits per heavy atom. The summed E-state index contributed by atoms with van der Waals surface area (Å²) in [6.45, 7) is 2.95. The Bertz CT molecular complexity index is 409. The largest absolute Gasteiger partial charge is 0.465 e. The third-order valence-electron chi connectivity index (χ3n) is 3.17. The van der Waals surface area contributed by atoms with Crippen molar-refractivity contribution >= 4 is 24.2 Å². The summed E-state index contributed by atoms with van der Waals surface area (Å²) in [7, 11) is 1.38. The number of nitrogens with one attached hydrogen (secondary N) is 2. The second kappa shape index (κ2) is 7.96. The van der Waals surface area contributed by atoms with E-state index in [1.165, 1.54) is 20.0 Å². The Kier molecular flexibility index (Phi) is 6.59. The van der Waals surface area contributed by atoms with Gasteiger partial charge in [-0.1, -0.05) is 0 Å². The van der Waals surface area contributed by atoms with Gasteiger partial charge < -0.3 is 15.4 Å². The van der Waals surface area contributed by atoms with E-state index in [2.05, 4.69) is 15.6 Å². The van der Waals surface area contributed by atoms with E-state index in [9.17, 15) is 4.79 Å². The Morgan fingerprint density at radius 2 is 2.47 bits per heavy atom. The number of rotatable bonds is 4. The molecule has 1 unspecified atom stereocenters. The zero-order valence-corrected chi connectivity index (χ0v) is 11.8. The Labute approximate surface area is 119 Å². The van der Waals surface area contributed by atoms with Crippen molar-refractivity contribution in [3.63, 3.8) is 0 Å². The number of hydrogen-bond acceptors (Lipinski definition) is 5. The van der Waals surface area contributed by atoms with Crippen molar-refractivity contribution in [1.29, 1.82) is 0 Å². The highest BCUT2D eigenvalue weighted by atomic mass is 35.5. The highest BCUT2D eigenvalue weighted by Gasteiger charge is 2.16. The molecule has 6 heteroatoms. The van der Waals surface area contributed by atoms with E-state index in [1.807, 2.05) is 0 Å². The highest BCUT2D eigenvalue weighted by Crippen LogP contribution is 2.15. The summed E-state index contributed by atoms with van der Waals surface area (Å²) in [6, 6.07) is 3.46. The van der Waals surface area contributed by atoms with E-state index < -0.39 is 0 Å². The first-order chi connectivity index (χ1) is 8.81. The fourth-order valence-electron chi connectivity index (χ4n) is 2.16. The Hall–Kier alpha value is -1.33. The number of pyridine rings is 1. The van der Waals surface area contributed by atoms with Crippen LogP contribution >= 0.6 is 12.4 Å². The van der Waals surface area contributed by atoms with Crippen molar-refractivity contribution in [2.24, 2.45) is 5.92 Å². The molecule has 1 fully saturated rings. The molecule has 0 saturated carbocycles. The molecule has 0 bridgehead atoms. The molecule has 2 rings (SSSR count). The number of piperidine rings is 1. The van der Waals surface area contributed by atoms with Gasteiger partial charge in [-0.25, -0.2) is 9.78 Å². The molecular formula is C13H20ClN3O2. The third-order valence-corrected chi connectivity index (χ3v) is 3.17. The van der Waals surface area contributed by atoms with Crippen LogP contribution in [0, 0.1) is 5.92 Å². The lowest BCUT2D eigenvalue weighted by Crippen LogP contribution is -2.33. The van der Waals surface area contributed by atoms with Gasteiger partial charge in [-0.2, -0.15) is 0 Å². The first kappa shape index (κ1) is 15.7. The molecule has 1 aromatic rings. The van der Waals surface area contributed by atoms with Crippen molar-refractivity contribution in [2.75, 3.05) is 32.1 Å². The average molecular weight is 286 g/mol. The maximum Gasteiger partial charge on any atom is 0.341 e. The van der Waals surface area contributed by atoms with Crippen LogP contribution in [0.5, 0.6) is 0 Å². The first-order valence-corrected chi connectivity index (χ1v) is 6.29. The number of anilines is 1. The van der Waals surface area contributed by atoms with Crippen LogP contribution in [-0.4, -0.2) is 37.7 Å². The lowest BCUT2D eigenvalue weighted by Gasteiger charge is -2.23. The summed E-state index contributed by atoms with van der Waals surface area (Å²) in [4.78, 5) is 15.8. The van der Waals surface area contributed by atoms with E-state index in [1.54, 1.807) is 18.3 Å². The van der Waals surface area contributed by atoms with Gasteiger partial charge in [0.1, 0.15) is 11.4 Å². The molecule has 2 N–H and O–H groups in total. The minimum absolute atomic E-state index is 0. The number of carbonyl (C=O) groups is 1. The van der Waals surface area contributed by atoms with Gasteiger partial charge in [0.05, 0.1) is 7.11 Å². The van der Waals surface area contributed by atoms with Gasteiger partial charge in [0, 0.05) is 12.7 Å². The number of hydrogen-bond donors (Lipinski definition) is 2. The highest BCUT2D eigenvalue weighted by molar-refractivity contribution is 5.94. The third kappa shape index (κ3) is 4.36. The monoisotopic (exact) mass is 285 g/mol. The van der Waals surface area contributed by atoms with Gasteiger partial charge in [0.25, 0.3) is 0 Å². The topological polar surface area (TPSA) is 63.2 Å². The zero-order valence-electron chi connectivity index (χ0n) is 11.0. The van der Waals surface area contributed by atoms with Gasteiger partial charge in [-0.3, -0.25) is 0 Å². The van der Waals surface area contributed by atoms with Gasteiger partial charge in [-0.05, 0) is 44.0 Å². The number of ether oxygens (including phenoxy) is 1. The predicted molar refractivity (Wildman–Crippen MR) is 76.9 cm³/mol. The molecule has 0 aliphatic carbocycles. The normalized spacial score (nSPS) is 18.3. The van der Waals surface area contributed by atoms with Gasteiger partial charge in [0.2, 0.25) is 0 Å². The van der Waals surface area contributed by atoms with Crippen LogP contribution in [0.4, 0.5) is 5.82 Å². The molecule has 0 spiro atoms. The molecule has 19 heavy (non-hydrogen) atoms. The van der Waals surface area contributed by atoms with Crippen LogP contribution in [0.1, 0.15) is 23.2 Å². The van der Waals surface area contributed by atoms with Crippen LogP contribution < -0.4 is 10.6 Å². The summed E-state index contributed by atoms with van der Waals surface area (Å²) in [5.74, 6) is 0.841. The van der Waals surface area contributed by atoms with Crippen molar-refractivity contribution < 1.29 is 9.53 Å². The molecule has 1 aromatic heterocycles.